The second-order valence-corrected chi connectivity index (χ2v) is 9.72. The van der Waals surface area contributed by atoms with E-state index >= 15 is 0 Å². The molecule has 3 atom stereocenters. The van der Waals surface area contributed by atoms with Crippen molar-refractivity contribution in [2.75, 3.05) is 0 Å². The summed E-state index contributed by atoms with van der Waals surface area (Å²) >= 11 is 1.57. The Balaban J connectivity index is 0.00000114. The van der Waals surface area contributed by atoms with Gasteiger partial charge in [-0.3, -0.25) is 4.79 Å². The molecule has 2 bridgehead atoms. The maximum absolute atomic E-state index is 13.6. The number of piperidine rings is 1. The van der Waals surface area contributed by atoms with E-state index < -0.39 is 6.43 Å². The molecule has 0 N–H and O–H groups in total. The Kier molecular flexibility index (Phi) is 8.34. The van der Waals surface area contributed by atoms with Crippen molar-refractivity contribution < 1.29 is 13.6 Å². The normalized spacial score (nSPS) is 21.0. The number of nitrogens with zero attached hydrogens (tertiary/aromatic N) is 6. The lowest BCUT2D eigenvalue weighted by Gasteiger charge is -2.40. The first kappa shape index (κ1) is 27.6. The minimum Gasteiger partial charge on any atom is -0.332 e. The van der Waals surface area contributed by atoms with E-state index in [-0.39, 0.29) is 75.9 Å². The Morgan fingerprint density at radius 1 is 1.09 bits per heavy atom. The fourth-order valence-electron chi connectivity index (χ4n) is 5.37. The number of amides is 1. The third kappa shape index (κ3) is 4.63. The van der Waals surface area contributed by atoms with Crippen LogP contribution in [0.1, 0.15) is 64.8 Å². The van der Waals surface area contributed by atoms with Crippen LogP contribution in [0.5, 0.6) is 0 Å². The van der Waals surface area contributed by atoms with Crippen molar-refractivity contribution in [3.05, 3.63) is 52.6 Å². The molecular weight excluding hydrogens is 531 g/mol. The van der Waals surface area contributed by atoms with Crippen LogP contribution < -0.4 is 0 Å². The van der Waals surface area contributed by atoms with Crippen molar-refractivity contribution in [3.63, 3.8) is 0 Å². The van der Waals surface area contributed by atoms with Gasteiger partial charge < -0.3 is 4.90 Å². The highest BCUT2D eigenvalue weighted by molar-refractivity contribution is 7.59. The number of alkyl halides is 2. The molecule has 2 aliphatic heterocycles. The van der Waals surface area contributed by atoms with Crippen LogP contribution in [0.2, 0.25) is 0 Å². The zero-order chi connectivity index (χ0) is 22.0. The summed E-state index contributed by atoms with van der Waals surface area (Å²) in [7, 11) is 0. The third-order valence-electron chi connectivity index (χ3n) is 6.70. The maximum Gasteiger partial charge on any atom is 0.280 e. The number of rotatable bonds is 3. The van der Waals surface area contributed by atoms with Gasteiger partial charge in [-0.05, 0) is 56.9 Å². The number of carbonyl (C=O) groups excluding carboxylic acids is 1. The first-order valence-corrected chi connectivity index (χ1v) is 11.5. The minimum atomic E-state index is -2.69. The summed E-state index contributed by atoms with van der Waals surface area (Å²) in [5, 5.41) is 5.20. The molecule has 7 nitrogen and oxygen atoms in total. The smallest absolute Gasteiger partial charge is 0.280 e. The molecule has 2 saturated heterocycles. The van der Waals surface area contributed by atoms with Gasteiger partial charge in [0.2, 0.25) is 0 Å². The maximum atomic E-state index is 13.6. The molecule has 0 spiro atoms. The SMILES string of the molecule is Cc1nc2ccc(C(=O)N3[C@H]4CC[C@H](c5cc(C(F)F)nc6ncnn56)[C@@H]3CC4)cc2s1.S.S.S. The number of aromatic nitrogens is 5. The third-order valence-corrected chi connectivity index (χ3v) is 7.63. The van der Waals surface area contributed by atoms with Gasteiger partial charge in [0.15, 0.2) is 0 Å². The fraction of sp³-hybridized carbons (Fsp3) is 0.409. The van der Waals surface area contributed by atoms with E-state index in [2.05, 4.69) is 20.1 Å². The molecule has 13 heteroatoms. The van der Waals surface area contributed by atoms with Crippen LogP contribution in [0.4, 0.5) is 8.78 Å². The Labute approximate surface area is 225 Å². The number of aryl methyl sites for hydroxylation is 1. The van der Waals surface area contributed by atoms with E-state index in [1.165, 1.54) is 12.4 Å². The van der Waals surface area contributed by atoms with E-state index in [0.29, 0.717) is 11.3 Å². The minimum absolute atomic E-state index is 0. The van der Waals surface area contributed by atoms with Crippen LogP contribution in [0.25, 0.3) is 16.0 Å². The van der Waals surface area contributed by atoms with Crippen LogP contribution in [-0.2, 0) is 0 Å². The lowest BCUT2D eigenvalue weighted by atomic mass is 9.86. The van der Waals surface area contributed by atoms with Crippen molar-refractivity contribution in [1.82, 2.24) is 29.5 Å². The second kappa shape index (κ2) is 10.6. The molecule has 0 aliphatic carbocycles. The molecule has 1 aromatic carbocycles. The van der Waals surface area contributed by atoms with E-state index in [9.17, 15) is 13.6 Å². The van der Waals surface area contributed by atoms with Crippen LogP contribution in [0.3, 0.4) is 0 Å². The van der Waals surface area contributed by atoms with Crippen LogP contribution in [0, 0.1) is 6.92 Å². The number of carbonyl (C=O) groups is 1. The average Bonchev–Trinajstić information content (AvgIpc) is 3.47. The Hall–Kier alpha value is -1.96. The topological polar surface area (TPSA) is 76.3 Å². The molecule has 4 aromatic rings. The van der Waals surface area contributed by atoms with Crippen LogP contribution >= 0.6 is 51.8 Å². The summed E-state index contributed by atoms with van der Waals surface area (Å²) in [6.45, 7) is 1.95. The van der Waals surface area contributed by atoms with E-state index in [0.717, 1.165) is 40.9 Å². The predicted octanol–water partition coefficient (Wildman–Crippen LogP) is 4.87. The van der Waals surface area contributed by atoms with Gasteiger partial charge in [0.05, 0.1) is 20.9 Å². The van der Waals surface area contributed by atoms with Gasteiger partial charge in [-0.15, -0.1) is 11.3 Å². The molecular formula is C22H26F2N6OS4. The van der Waals surface area contributed by atoms with Crippen molar-refractivity contribution in [1.29, 1.82) is 0 Å². The van der Waals surface area contributed by atoms with Crippen molar-refractivity contribution in [2.24, 2.45) is 0 Å². The standard InChI is InChI=1S/C22H20F2N6OS.3H2S/c1-11-27-15-6-2-12(8-19(15)32-11)21(31)29-13-3-5-14(17(29)7-4-13)18-9-16(20(23)24)28-22-25-10-26-30(18)22;;;/h2,6,8-10,13-14,17,20H,3-5,7H2,1H3;3*1H2/t13-,14-,17-;;;/m0.../s1. The van der Waals surface area contributed by atoms with Gasteiger partial charge in [0.1, 0.15) is 12.0 Å². The lowest BCUT2D eigenvalue weighted by molar-refractivity contribution is 0.0554. The van der Waals surface area contributed by atoms with Crippen molar-refractivity contribution in [2.45, 2.75) is 57.0 Å². The van der Waals surface area contributed by atoms with E-state index in [1.807, 2.05) is 30.0 Å². The summed E-state index contributed by atoms with van der Waals surface area (Å²) in [6.07, 6.45) is 2.04. The molecule has 35 heavy (non-hydrogen) atoms. The van der Waals surface area contributed by atoms with Crippen molar-refractivity contribution >= 4 is 73.7 Å². The van der Waals surface area contributed by atoms with Gasteiger partial charge in [0.25, 0.3) is 18.1 Å². The molecule has 6 rings (SSSR count). The Morgan fingerprint density at radius 2 is 1.86 bits per heavy atom. The summed E-state index contributed by atoms with van der Waals surface area (Å²) in [5.41, 5.74) is 1.89. The number of benzene rings is 1. The molecule has 2 fully saturated rings. The zero-order valence-electron chi connectivity index (χ0n) is 18.8. The van der Waals surface area contributed by atoms with Gasteiger partial charge >= 0.3 is 0 Å². The number of hydrogen-bond donors (Lipinski definition) is 0. The highest BCUT2D eigenvalue weighted by Gasteiger charge is 2.46. The van der Waals surface area contributed by atoms with Crippen LogP contribution in [0.15, 0.2) is 30.6 Å². The highest BCUT2D eigenvalue weighted by Crippen LogP contribution is 2.45. The average molecular weight is 557 g/mol. The molecule has 1 amide bonds. The highest BCUT2D eigenvalue weighted by atomic mass is 32.1. The number of halogens is 2. The first-order chi connectivity index (χ1) is 15.5. The Bertz CT molecular complexity index is 1360. The van der Waals surface area contributed by atoms with Gasteiger partial charge in [-0.1, -0.05) is 0 Å². The molecule has 5 heterocycles. The van der Waals surface area contributed by atoms with Gasteiger partial charge in [-0.2, -0.15) is 50.6 Å². The zero-order valence-corrected chi connectivity index (χ0v) is 22.6. The van der Waals surface area contributed by atoms with E-state index in [1.54, 1.807) is 15.9 Å². The summed E-state index contributed by atoms with van der Waals surface area (Å²) < 4.78 is 29.5. The molecule has 0 saturated carbocycles. The largest absolute Gasteiger partial charge is 0.332 e. The van der Waals surface area contributed by atoms with E-state index in [4.69, 9.17) is 0 Å². The van der Waals surface area contributed by atoms with Crippen LogP contribution in [-0.4, -0.2) is 47.5 Å². The molecule has 0 unspecified atom stereocenters. The second-order valence-electron chi connectivity index (χ2n) is 8.49. The van der Waals surface area contributed by atoms with Crippen molar-refractivity contribution in [3.8, 4) is 0 Å². The lowest BCUT2D eigenvalue weighted by Crippen LogP contribution is -2.47. The fourth-order valence-corrected chi connectivity index (χ4v) is 6.23. The number of thiazole rings is 1. The molecule has 2 aliphatic rings. The summed E-state index contributed by atoms with van der Waals surface area (Å²) in [6, 6.07) is 7.19. The summed E-state index contributed by atoms with van der Waals surface area (Å²) in [4.78, 5) is 28.0. The monoisotopic (exact) mass is 556 g/mol. The quantitative estimate of drug-likeness (QED) is 0.360. The first-order valence-electron chi connectivity index (χ1n) is 10.7. The van der Waals surface area contributed by atoms with Gasteiger partial charge in [-0.25, -0.2) is 23.3 Å². The molecule has 3 aromatic heterocycles. The number of fused-ring (bicyclic) bond motifs is 4. The van der Waals surface area contributed by atoms with Gasteiger partial charge in [0, 0.05) is 23.6 Å². The number of hydrogen-bond acceptors (Lipinski definition) is 6. The Morgan fingerprint density at radius 3 is 2.63 bits per heavy atom. The molecule has 188 valence electrons. The molecule has 0 radical (unpaired) electrons. The summed E-state index contributed by atoms with van der Waals surface area (Å²) in [5.74, 6) is 0.0618. The predicted molar refractivity (Wildman–Crippen MR) is 146 cm³/mol.